The molecule has 0 bridgehead atoms. The fraction of sp³-hybridized carbons (Fsp3) is 0.235. The summed E-state index contributed by atoms with van der Waals surface area (Å²) in [6.45, 7) is 0.548. The molecular weight excluding hydrogens is 334 g/mol. The lowest BCUT2D eigenvalue weighted by molar-refractivity contribution is -0.116. The highest BCUT2D eigenvalue weighted by Gasteiger charge is 2.27. The number of fused-ring (bicyclic) bond motifs is 1. The van der Waals surface area contributed by atoms with Gasteiger partial charge in [0.2, 0.25) is 5.91 Å². The molecule has 2 aromatic rings. The number of halogens is 1. The molecule has 0 fully saturated rings. The highest BCUT2D eigenvalue weighted by Crippen LogP contribution is 2.27. The lowest BCUT2D eigenvalue weighted by atomic mass is 10.0. The summed E-state index contributed by atoms with van der Waals surface area (Å²) in [4.78, 5) is 14.2. The zero-order valence-corrected chi connectivity index (χ0v) is 14.0. The van der Waals surface area contributed by atoms with Crippen LogP contribution >= 0.6 is 11.6 Å². The molecule has 2 aromatic carbocycles. The summed E-state index contributed by atoms with van der Waals surface area (Å²) in [5.41, 5.74) is 1.89. The van der Waals surface area contributed by atoms with Crippen LogP contribution in [0.4, 0.5) is 5.69 Å². The first-order valence-corrected chi connectivity index (χ1v) is 9.37. The maximum absolute atomic E-state index is 12.5. The van der Waals surface area contributed by atoms with Gasteiger partial charge in [-0.1, -0.05) is 29.8 Å². The van der Waals surface area contributed by atoms with Crippen molar-refractivity contribution in [3.05, 3.63) is 59.1 Å². The summed E-state index contributed by atoms with van der Waals surface area (Å²) in [6.07, 6.45) is 1.74. The van der Waals surface area contributed by atoms with Crippen LogP contribution in [-0.4, -0.2) is 26.6 Å². The minimum absolute atomic E-state index is 0.112. The molecule has 120 valence electrons. The largest absolute Gasteiger partial charge is 0.311 e. The van der Waals surface area contributed by atoms with Crippen molar-refractivity contribution in [3.63, 3.8) is 0 Å². The lowest BCUT2D eigenvalue weighted by Crippen LogP contribution is -2.39. The smallest absolute Gasteiger partial charge is 0.242 e. The zero-order chi connectivity index (χ0) is 16.4. The first-order chi connectivity index (χ1) is 11.0. The molecule has 1 aliphatic heterocycles. The molecule has 0 spiro atoms. The number of carbonyl (C=O) groups is 1. The Morgan fingerprint density at radius 3 is 2.52 bits per heavy atom. The van der Waals surface area contributed by atoms with Crippen molar-refractivity contribution < 1.29 is 13.2 Å². The molecule has 1 aliphatic rings. The normalized spacial score (nSPS) is 14.4. The molecule has 1 amide bonds. The van der Waals surface area contributed by atoms with Crippen LogP contribution < -0.4 is 4.90 Å². The molecule has 3 rings (SSSR count). The molecule has 0 saturated carbocycles. The number of hydrogen-bond donors (Lipinski definition) is 0. The molecule has 23 heavy (non-hydrogen) atoms. The number of para-hydroxylation sites is 1. The van der Waals surface area contributed by atoms with Gasteiger partial charge < -0.3 is 4.90 Å². The standard InChI is InChI=1S/C17H16ClNO3S/c18-14-7-9-15(10-8-14)23(21,22)12-17(20)19-11-3-5-13-4-1-2-6-16(13)19/h1-2,4,6-10H,3,5,11-12H2. The number of carbonyl (C=O) groups excluding carboxylic acids is 1. The van der Waals surface area contributed by atoms with E-state index in [4.69, 9.17) is 11.6 Å². The van der Waals surface area contributed by atoms with E-state index in [9.17, 15) is 13.2 Å². The Kier molecular flexibility index (Phi) is 4.41. The maximum atomic E-state index is 12.5. The summed E-state index contributed by atoms with van der Waals surface area (Å²) in [5.74, 6) is -0.935. The van der Waals surface area contributed by atoms with E-state index in [1.165, 1.54) is 24.3 Å². The van der Waals surface area contributed by atoms with Crippen molar-refractivity contribution >= 4 is 33.0 Å². The molecule has 1 heterocycles. The Hall–Kier alpha value is -1.85. The minimum Gasteiger partial charge on any atom is -0.311 e. The van der Waals surface area contributed by atoms with Crippen LogP contribution in [0.15, 0.2) is 53.4 Å². The van der Waals surface area contributed by atoms with Gasteiger partial charge >= 0.3 is 0 Å². The van der Waals surface area contributed by atoms with Crippen LogP contribution in [0, 0.1) is 0 Å². The van der Waals surface area contributed by atoms with Crippen LogP contribution in [0.25, 0.3) is 0 Å². The summed E-state index contributed by atoms with van der Waals surface area (Å²) in [6, 6.07) is 13.5. The maximum Gasteiger partial charge on any atom is 0.242 e. The second kappa shape index (κ2) is 6.34. The Labute approximate surface area is 140 Å². The molecule has 0 aliphatic carbocycles. The van der Waals surface area contributed by atoms with Crippen molar-refractivity contribution in [2.24, 2.45) is 0 Å². The van der Waals surface area contributed by atoms with Gasteiger partial charge in [-0.2, -0.15) is 0 Å². The Balaban J connectivity index is 1.84. The highest BCUT2D eigenvalue weighted by atomic mass is 35.5. The molecule has 0 N–H and O–H groups in total. The first-order valence-electron chi connectivity index (χ1n) is 7.34. The van der Waals surface area contributed by atoms with Gasteiger partial charge in [0, 0.05) is 17.3 Å². The molecule has 4 nitrogen and oxygen atoms in total. The molecular formula is C17H16ClNO3S. The SMILES string of the molecule is O=C(CS(=O)(=O)c1ccc(Cl)cc1)N1CCCc2ccccc21. The van der Waals surface area contributed by atoms with Crippen LogP contribution in [-0.2, 0) is 21.1 Å². The van der Waals surface area contributed by atoms with E-state index in [1.54, 1.807) is 4.90 Å². The van der Waals surface area contributed by atoms with Crippen LogP contribution in [0.1, 0.15) is 12.0 Å². The van der Waals surface area contributed by atoms with Crippen molar-refractivity contribution in [1.82, 2.24) is 0 Å². The van der Waals surface area contributed by atoms with Crippen molar-refractivity contribution in [1.29, 1.82) is 0 Å². The van der Waals surface area contributed by atoms with E-state index < -0.39 is 21.5 Å². The van der Waals surface area contributed by atoms with Gasteiger partial charge in [0.05, 0.1) is 4.90 Å². The second-order valence-corrected chi connectivity index (χ2v) is 7.92. The van der Waals surface area contributed by atoms with Gasteiger partial charge in [-0.15, -0.1) is 0 Å². The second-order valence-electron chi connectivity index (χ2n) is 5.49. The average Bonchev–Trinajstić information content (AvgIpc) is 2.54. The van der Waals surface area contributed by atoms with Gasteiger partial charge in [0.15, 0.2) is 9.84 Å². The van der Waals surface area contributed by atoms with E-state index in [-0.39, 0.29) is 4.90 Å². The van der Waals surface area contributed by atoms with Crippen molar-refractivity contribution in [2.45, 2.75) is 17.7 Å². The quantitative estimate of drug-likeness (QED) is 0.855. The number of benzene rings is 2. The van der Waals surface area contributed by atoms with E-state index in [0.717, 1.165) is 24.1 Å². The number of amides is 1. The van der Waals surface area contributed by atoms with Gasteiger partial charge in [0.25, 0.3) is 0 Å². The fourth-order valence-electron chi connectivity index (χ4n) is 2.76. The predicted octanol–water partition coefficient (Wildman–Crippen LogP) is 3.09. The lowest BCUT2D eigenvalue weighted by Gasteiger charge is -2.29. The number of rotatable bonds is 3. The molecule has 0 aromatic heterocycles. The summed E-state index contributed by atoms with van der Waals surface area (Å²) < 4.78 is 24.8. The number of sulfone groups is 1. The van der Waals surface area contributed by atoms with E-state index in [1.807, 2.05) is 24.3 Å². The topological polar surface area (TPSA) is 54.5 Å². The third kappa shape index (κ3) is 3.41. The van der Waals surface area contributed by atoms with Crippen LogP contribution in [0.3, 0.4) is 0 Å². The van der Waals surface area contributed by atoms with Crippen LogP contribution in [0.5, 0.6) is 0 Å². The first kappa shape index (κ1) is 16.0. The average molecular weight is 350 g/mol. The molecule has 0 unspecified atom stereocenters. The predicted molar refractivity (Wildman–Crippen MR) is 90.6 cm³/mol. The molecule has 0 radical (unpaired) electrons. The Bertz CT molecular complexity index is 831. The third-order valence-electron chi connectivity index (χ3n) is 3.90. The van der Waals surface area contributed by atoms with E-state index in [2.05, 4.69) is 0 Å². The number of aryl methyl sites for hydroxylation is 1. The van der Waals surface area contributed by atoms with E-state index >= 15 is 0 Å². The fourth-order valence-corrected chi connectivity index (χ4v) is 4.08. The summed E-state index contributed by atoms with van der Waals surface area (Å²) >= 11 is 5.78. The van der Waals surface area contributed by atoms with E-state index in [0.29, 0.717) is 11.6 Å². The summed E-state index contributed by atoms with van der Waals surface area (Å²) in [7, 11) is -3.68. The molecule has 6 heteroatoms. The Morgan fingerprint density at radius 2 is 1.78 bits per heavy atom. The monoisotopic (exact) mass is 349 g/mol. The van der Waals surface area contributed by atoms with Gasteiger partial charge in [-0.25, -0.2) is 8.42 Å². The van der Waals surface area contributed by atoms with Crippen LogP contribution in [0.2, 0.25) is 5.02 Å². The summed E-state index contributed by atoms with van der Waals surface area (Å²) in [5, 5.41) is 0.459. The molecule has 0 atom stereocenters. The van der Waals surface area contributed by atoms with Gasteiger partial charge in [-0.3, -0.25) is 4.79 Å². The van der Waals surface area contributed by atoms with Crippen molar-refractivity contribution in [2.75, 3.05) is 17.2 Å². The zero-order valence-electron chi connectivity index (χ0n) is 12.4. The number of nitrogens with zero attached hydrogens (tertiary/aromatic N) is 1. The third-order valence-corrected chi connectivity index (χ3v) is 5.77. The Morgan fingerprint density at radius 1 is 1.09 bits per heavy atom. The van der Waals surface area contributed by atoms with Crippen molar-refractivity contribution in [3.8, 4) is 0 Å². The van der Waals surface area contributed by atoms with Gasteiger partial charge in [0.1, 0.15) is 5.75 Å². The van der Waals surface area contributed by atoms with Gasteiger partial charge in [-0.05, 0) is 48.7 Å². The number of hydrogen-bond acceptors (Lipinski definition) is 3. The number of anilines is 1. The minimum atomic E-state index is -3.68. The highest BCUT2D eigenvalue weighted by molar-refractivity contribution is 7.92. The molecule has 0 saturated heterocycles.